The molecule has 0 radical (unpaired) electrons. The van der Waals surface area contributed by atoms with Crippen LogP contribution < -0.4 is 0 Å². The van der Waals surface area contributed by atoms with E-state index in [0.717, 1.165) is 38.5 Å². The van der Waals surface area contributed by atoms with Gasteiger partial charge < -0.3 is 9.84 Å². The molecule has 0 heterocycles. The molecule has 0 saturated heterocycles. The van der Waals surface area contributed by atoms with Crippen molar-refractivity contribution in [1.82, 2.24) is 0 Å². The summed E-state index contributed by atoms with van der Waals surface area (Å²) in [6.45, 7) is 15.5. The summed E-state index contributed by atoms with van der Waals surface area (Å²) in [4.78, 5) is 24.5. The second-order valence-electron chi connectivity index (χ2n) is 13.2. The Morgan fingerprint density at radius 1 is 1.20 bits per heavy atom. The summed E-state index contributed by atoms with van der Waals surface area (Å²) in [5.41, 5.74) is 2.82. The van der Waals surface area contributed by atoms with Crippen LogP contribution in [0.4, 0.5) is 0 Å². The molecule has 4 aliphatic rings. The lowest BCUT2D eigenvalue weighted by Gasteiger charge is -2.60. The number of allylic oxidation sites excluding steroid dienone is 4. The minimum atomic E-state index is -0.374. The maximum Gasteiger partial charge on any atom is 0.333 e. The number of carbonyl (C=O) groups is 2. The van der Waals surface area contributed by atoms with Gasteiger partial charge >= 0.3 is 5.97 Å². The molecule has 7 unspecified atom stereocenters. The van der Waals surface area contributed by atoms with Gasteiger partial charge in [-0.15, -0.1) is 0 Å². The number of Topliss-reactive ketones (excluding diaryl/α,β-unsaturated/α-hetero) is 1. The van der Waals surface area contributed by atoms with Crippen molar-refractivity contribution in [3.05, 3.63) is 34.9 Å². The molecule has 2 fully saturated rings. The summed E-state index contributed by atoms with van der Waals surface area (Å²) < 4.78 is 4.83. The van der Waals surface area contributed by atoms with Crippen LogP contribution in [0.15, 0.2) is 34.9 Å². The molecule has 35 heavy (non-hydrogen) atoms. The summed E-state index contributed by atoms with van der Waals surface area (Å²) in [7, 11) is 1.42. The van der Waals surface area contributed by atoms with Gasteiger partial charge in [-0.05, 0) is 85.2 Å². The molecule has 2 saturated carbocycles. The fourth-order valence-corrected chi connectivity index (χ4v) is 8.76. The van der Waals surface area contributed by atoms with Gasteiger partial charge in [0, 0.05) is 22.8 Å². The molecule has 4 aliphatic carbocycles. The van der Waals surface area contributed by atoms with Crippen LogP contribution in [0.2, 0.25) is 0 Å². The van der Waals surface area contributed by atoms with Gasteiger partial charge in [-0.25, -0.2) is 4.79 Å². The quantitative estimate of drug-likeness (QED) is 0.355. The van der Waals surface area contributed by atoms with Crippen molar-refractivity contribution in [2.24, 2.45) is 39.4 Å². The first-order valence-corrected chi connectivity index (χ1v) is 13.6. The lowest BCUT2D eigenvalue weighted by atomic mass is 9.44. The van der Waals surface area contributed by atoms with Crippen LogP contribution in [0.1, 0.15) is 93.4 Å². The Morgan fingerprint density at radius 3 is 2.54 bits per heavy atom. The van der Waals surface area contributed by atoms with Crippen LogP contribution in [0.3, 0.4) is 0 Å². The zero-order valence-corrected chi connectivity index (χ0v) is 23.2. The summed E-state index contributed by atoms with van der Waals surface area (Å²) in [5.74, 6) is 1.30. The second-order valence-corrected chi connectivity index (χ2v) is 13.2. The molecular weight excluding hydrogens is 436 g/mol. The number of rotatable bonds is 5. The Bertz CT molecular complexity index is 999. The summed E-state index contributed by atoms with van der Waals surface area (Å²) in [6.07, 6.45) is 12.6. The van der Waals surface area contributed by atoms with Gasteiger partial charge in [0.05, 0.1) is 13.2 Å². The van der Waals surface area contributed by atoms with Gasteiger partial charge in [0.25, 0.3) is 0 Å². The SMILES string of the molecule is COC(=O)C(C)=CCCC(C)C1CC(O)C2(C)C3=CCC4C(C)(C)C(=O)CCC4(C)C3=CCC12C. The van der Waals surface area contributed by atoms with E-state index in [9.17, 15) is 14.7 Å². The van der Waals surface area contributed by atoms with Gasteiger partial charge in [-0.1, -0.05) is 59.8 Å². The minimum Gasteiger partial charge on any atom is -0.466 e. The number of ether oxygens (including phenoxy) is 1. The van der Waals surface area contributed by atoms with Crippen molar-refractivity contribution in [2.45, 2.75) is 99.5 Å². The first kappa shape index (κ1) is 26.4. The van der Waals surface area contributed by atoms with Crippen molar-refractivity contribution in [2.75, 3.05) is 7.11 Å². The van der Waals surface area contributed by atoms with Crippen molar-refractivity contribution >= 4 is 11.8 Å². The summed E-state index contributed by atoms with van der Waals surface area (Å²) in [5, 5.41) is 11.7. The number of aliphatic hydroxyl groups is 1. The Kier molecular flexibility index (Phi) is 6.57. The van der Waals surface area contributed by atoms with Crippen molar-refractivity contribution < 1.29 is 19.4 Å². The van der Waals surface area contributed by atoms with Crippen LogP contribution in [-0.4, -0.2) is 30.1 Å². The average Bonchev–Trinajstić information content (AvgIpc) is 3.02. The fraction of sp³-hybridized carbons (Fsp3) is 0.742. The van der Waals surface area contributed by atoms with Crippen LogP contribution >= 0.6 is 0 Å². The minimum absolute atomic E-state index is 0.00847. The molecule has 7 atom stereocenters. The standard InChI is InChI=1S/C31H46O4/c1-19(10-9-11-20(2)27(34)35-8)23-18-26(33)31(7)22-12-13-24-28(3,4)25(32)15-16-29(24,5)21(22)14-17-30(23,31)6/h11-12,14,19,23-24,26,33H,9-10,13,15-18H2,1-8H3. The molecule has 0 aliphatic heterocycles. The molecule has 0 aromatic rings. The third kappa shape index (κ3) is 3.64. The zero-order chi connectivity index (χ0) is 26.0. The van der Waals surface area contributed by atoms with E-state index >= 15 is 0 Å². The smallest absolute Gasteiger partial charge is 0.333 e. The van der Waals surface area contributed by atoms with Crippen LogP contribution in [0.5, 0.6) is 0 Å². The van der Waals surface area contributed by atoms with E-state index in [1.165, 1.54) is 18.3 Å². The predicted octanol–water partition coefficient (Wildman–Crippen LogP) is 6.59. The molecule has 4 rings (SSSR count). The number of esters is 1. The highest BCUT2D eigenvalue weighted by Crippen LogP contribution is 2.71. The molecule has 194 valence electrons. The van der Waals surface area contributed by atoms with Gasteiger partial charge in [0.15, 0.2) is 0 Å². The van der Waals surface area contributed by atoms with E-state index in [-0.39, 0.29) is 33.7 Å². The van der Waals surface area contributed by atoms with Crippen LogP contribution in [0, 0.1) is 39.4 Å². The number of fused-ring (bicyclic) bond motifs is 5. The molecular formula is C31H46O4. The lowest BCUT2D eigenvalue weighted by molar-refractivity contribution is -0.138. The first-order chi connectivity index (χ1) is 16.2. The Labute approximate surface area is 212 Å². The van der Waals surface area contributed by atoms with Gasteiger partial charge in [-0.3, -0.25) is 4.79 Å². The summed E-state index contributed by atoms with van der Waals surface area (Å²) >= 11 is 0. The number of methoxy groups -OCH3 is 1. The molecule has 0 aromatic heterocycles. The van der Waals surface area contributed by atoms with Crippen molar-refractivity contribution in [1.29, 1.82) is 0 Å². The molecule has 1 N–H and O–H groups in total. The number of aliphatic hydroxyl groups excluding tert-OH is 1. The van der Waals surface area contributed by atoms with E-state index in [1.807, 2.05) is 13.0 Å². The number of hydrogen-bond acceptors (Lipinski definition) is 4. The van der Waals surface area contributed by atoms with Gasteiger partial charge in [0.2, 0.25) is 0 Å². The van der Waals surface area contributed by atoms with E-state index in [2.05, 4.69) is 53.7 Å². The molecule has 4 nitrogen and oxygen atoms in total. The Balaban J connectivity index is 1.63. The highest BCUT2D eigenvalue weighted by molar-refractivity contribution is 5.87. The highest BCUT2D eigenvalue weighted by Gasteiger charge is 2.66. The van der Waals surface area contributed by atoms with E-state index in [0.29, 0.717) is 35.5 Å². The molecule has 0 bridgehead atoms. The number of carbonyl (C=O) groups excluding carboxylic acids is 2. The summed E-state index contributed by atoms with van der Waals surface area (Å²) in [6, 6.07) is 0. The third-order valence-corrected chi connectivity index (χ3v) is 11.4. The largest absolute Gasteiger partial charge is 0.466 e. The van der Waals surface area contributed by atoms with Gasteiger partial charge in [-0.2, -0.15) is 0 Å². The topological polar surface area (TPSA) is 63.6 Å². The molecule has 0 aromatic carbocycles. The van der Waals surface area contributed by atoms with Gasteiger partial charge in [0.1, 0.15) is 5.78 Å². The molecule has 0 spiro atoms. The second kappa shape index (κ2) is 8.71. The average molecular weight is 483 g/mol. The lowest BCUT2D eigenvalue weighted by Crippen LogP contribution is -2.54. The van der Waals surface area contributed by atoms with Crippen LogP contribution in [0.25, 0.3) is 0 Å². The first-order valence-electron chi connectivity index (χ1n) is 13.6. The normalized spacial score (nSPS) is 41.2. The predicted molar refractivity (Wildman–Crippen MR) is 140 cm³/mol. The highest BCUT2D eigenvalue weighted by atomic mass is 16.5. The third-order valence-electron chi connectivity index (χ3n) is 11.4. The van der Waals surface area contributed by atoms with Crippen molar-refractivity contribution in [3.63, 3.8) is 0 Å². The Morgan fingerprint density at radius 2 is 1.89 bits per heavy atom. The molecule has 4 heteroatoms. The monoisotopic (exact) mass is 482 g/mol. The van der Waals surface area contributed by atoms with E-state index < -0.39 is 0 Å². The fourth-order valence-electron chi connectivity index (χ4n) is 8.76. The number of hydrogen-bond donors (Lipinski definition) is 1. The Hall–Kier alpha value is -1.68. The zero-order valence-electron chi connectivity index (χ0n) is 23.2. The molecule has 0 amide bonds. The van der Waals surface area contributed by atoms with E-state index in [1.54, 1.807) is 0 Å². The van der Waals surface area contributed by atoms with Crippen LogP contribution in [-0.2, 0) is 14.3 Å². The van der Waals surface area contributed by atoms with E-state index in [4.69, 9.17) is 4.74 Å². The maximum atomic E-state index is 12.8. The number of ketones is 1. The maximum absolute atomic E-state index is 12.8. The van der Waals surface area contributed by atoms with Crippen molar-refractivity contribution in [3.8, 4) is 0 Å².